The summed E-state index contributed by atoms with van der Waals surface area (Å²) in [5.41, 5.74) is 11.2. The molecule has 0 saturated heterocycles. The monoisotopic (exact) mass is 333 g/mol. The van der Waals surface area contributed by atoms with E-state index in [1.54, 1.807) is 18.3 Å². The van der Waals surface area contributed by atoms with E-state index in [0.29, 0.717) is 11.6 Å². The number of nitrogens with two attached hydrogens (primary N) is 2. The topological polar surface area (TPSA) is 98.9 Å². The smallest absolute Gasteiger partial charge is 0.219 e. The number of hydrogen-bond donors (Lipinski definition) is 2. The highest BCUT2D eigenvalue weighted by Gasteiger charge is 1.99. The standard InChI is InChI=1S/C13H12BrN5O/c14-10-4-5-12(17-8-10)20-11-3-1-2-9(6-11)7-18-19-13(15)16/h1-8H,(H4,15,16,19). The zero-order valence-electron chi connectivity index (χ0n) is 10.4. The predicted octanol–water partition coefficient (Wildman–Crippen LogP) is 2.24. The summed E-state index contributed by atoms with van der Waals surface area (Å²) >= 11 is 3.31. The van der Waals surface area contributed by atoms with Crippen molar-refractivity contribution in [1.29, 1.82) is 0 Å². The van der Waals surface area contributed by atoms with Gasteiger partial charge in [-0.25, -0.2) is 4.98 Å². The van der Waals surface area contributed by atoms with Crippen molar-refractivity contribution in [1.82, 2.24) is 4.98 Å². The van der Waals surface area contributed by atoms with Gasteiger partial charge in [0.15, 0.2) is 0 Å². The number of aromatic nitrogens is 1. The molecule has 0 aliphatic carbocycles. The summed E-state index contributed by atoms with van der Waals surface area (Å²) in [6.45, 7) is 0. The lowest BCUT2D eigenvalue weighted by Crippen LogP contribution is -2.21. The summed E-state index contributed by atoms with van der Waals surface area (Å²) < 4.78 is 6.51. The van der Waals surface area contributed by atoms with Crippen molar-refractivity contribution in [2.24, 2.45) is 21.7 Å². The van der Waals surface area contributed by atoms with Gasteiger partial charge in [0, 0.05) is 16.7 Å². The van der Waals surface area contributed by atoms with Crippen LogP contribution in [0.1, 0.15) is 5.56 Å². The first-order valence-corrected chi connectivity index (χ1v) is 6.44. The van der Waals surface area contributed by atoms with Gasteiger partial charge in [-0.3, -0.25) is 0 Å². The van der Waals surface area contributed by atoms with Gasteiger partial charge in [-0.1, -0.05) is 12.1 Å². The third kappa shape index (κ3) is 4.36. The van der Waals surface area contributed by atoms with Crippen molar-refractivity contribution in [3.63, 3.8) is 0 Å². The van der Waals surface area contributed by atoms with Gasteiger partial charge >= 0.3 is 0 Å². The van der Waals surface area contributed by atoms with E-state index in [-0.39, 0.29) is 5.96 Å². The van der Waals surface area contributed by atoms with E-state index in [4.69, 9.17) is 16.2 Å². The van der Waals surface area contributed by atoms with Gasteiger partial charge in [0.25, 0.3) is 0 Å². The van der Waals surface area contributed by atoms with Crippen molar-refractivity contribution >= 4 is 28.1 Å². The van der Waals surface area contributed by atoms with Crippen LogP contribution in [0.4, 0.5) is 0 Å². The van der Waals surface area contributed by atoms with E-state index < -0.39 is 0 Å². The van der Waals surface area contributed by atoms with Crippen molar-refractivity contribution in [2.45, 2.75) is 0 Å². The molecule has 1 aromatic heterocycles. The molecule has 0 spiro atoms. The van der Waals surface area contributed by atoms with Gasteiger partial charge in [-0.2, -0.15) is 5.10 Å². The number of guanidine groups is 1. The van der Waals surface area contributed by atoms with Crippen LogP contribution in [-0.2, 0) is 0 Å². The Morgan fingerprint density at radius 2 is 2.10 bits per heavy atom. The summed E-state index contributed by atoms with van der Waals surface area (Å²) in [4.78, 5) is 4.13. The van der Waals surface area contributed by atoms with Gasteiger partial charge < -0.3 is 16.2 Å². The predicted molar refractivity (Wildman–Crippen MR) is 81.9 cm³/mol. The summed E-state index contributed by atoms with van der Waals surface area (Å²) in [5.74, 6) is 1.06. The highest BCUT2D eigenvalue weighted by atomic mass is 79.9. The van der Waals surface area contributed by atoms with Crippen LogP contribution in [0, 0.1) is 0 Å². The van der Waals surface area contributed by atoms with Gasteiger partial charge in [-0.15, -0.1) is 5.10 Å². The molecule has 7 heteroatoms. The molecule has 2 aromatic rings. The summed E-state index contributed by atoms with van der Waals surface area (Å²) in [6.07, 6.45) is 3.20. The highest BCUT2D eigenvalue weighted by Crippen LogP contribution is 2.21. The number of halogens is 1. The molecule has 0 aliphatic heterocycles. The second-order valence-corrected chi connectivity index (χ2v) is 4.67. The lowest BCUT2D eigenvalue weighted by molar-refractivity contribution is 0.462. The minimum Gasteiger partial charge on any atom is -0.439 e. The van der Waals surface area contributed by atoms with Crippen LogP contribution in [0.3, 0.4) is 0 Å². The van der Waals surface area contributed by atoms with E-state index in [2.05, 4.69) is 31.1 Å². The van der Waals surface area contributed by atoms with Crippen LogP contribution in [0.15, 0.2) is 57.3 Å². The van der Waals surface area contributed by atoms with E-state index in [0.717, 1.165) is 10.0 Å². The number of nitrogens with zero attached hydrogens (tertiary/aromatic N) is 3. The van der Waals surface area contributed by atoms with Crippen LogP contribution in [0.25, 0.3) is 0 Å². The molecule has 0 fully saturated rings. The summed E-state index contributed by atoms with van der Waals surface area (Å²) in [6, 6.07) is 10.9. The maximum atomic E-state index is 5.62. The molecule has 0 aliphatic rings. The summed E-state index contributed by atoms with van der Waals surface area (Å²) in [7, 11) is 0. The summed E-state index contributed by atoms with van der Waals surface area (Å²) in [5, 5.41) is 7.26. The molecule has 6 nitrogen and oxygen atoms in total. The van der Waals surface area contributed by atoms with Gasteiger partial charge in [0.05, 0.1) is 6.21 Å². The molecule has 0 amide bonds. The van der Waals surface area contributed by atoms with Crippen LogP contribution < -0.4 is 16.2 Å². The molecule has 20 heavy (non-hydrogen) atoms. The minimum absolute atomic E-state index is 0.0901. The van der Waals surface area contributed by atoms with Crippen molar-refractivity contribution in [2.75, 3.05) is 0 Å². The molecule has 1 heterocycles. The van der Waals surface area contributed by atoms with Crippen LogP contribution >= 0.6 is 15.9 Å². The molecule has 0 bridgehead atoms. The van der Waals surface area contributed by atoms with E-state index in [9.17, 15) is 0 Å². The van der Waals surface area contributed by atoms with E-state index >= 15 is 0 Å². The normalized spacial score (nSPS) is 10.4. The molecule has 0 unspecified atom stereocenters. The second kappa shape index (κ2) is 6.67. The maximum Gasteiger partial charge on any atom is 0.219 e. The van der Waals surface area contributed by atoms with Crippen molar-refractivity contribution in [3.05, 3.63) is 52.6 Å². The molecule has 102 valence electrons. The maximum absolute atomic E-state index is 5.62. The Morgan fingerprint density at radius 3 is 2.80 bits per heavy atom. The van der Waals surface area contributed by atoms with Gasteiger partial charge in [0.1, 0.15) is 5.75 Å². The van der Waals surface area contributed by atoms with Gasteiger partial charge in [-0.05, 0) is 39.7 Å². The highest BCUT2D eigenvalue weighted by molar-refractivity contribution is 9.10. The Morgan fingerprint density at radius 1 is 1.25 bits per heavy atom. The Hall–Kier alpha value is -2.41. The molecule has 0 saturated carbocycles. The number of benzene rings is 1. The Kier molecular flexibility index (Phi) is 4.67. The van der Waals surface area contributed by atoms with E-state index in [1.165, 1.54) is 6.21 Å². The number of pyridine rings is 1. The van der Waals surface area contributed by atoms with Crippen LogP contribution in [0.5, 0.6) is 11.6 Å². The quantitative estimate of drug-likeness (QED) is 0.509. The zero-order valence-corrected chi connectivity index (χ0v) is 12.0. The van der Waals surface area contributed by atoms with Crippen LogP contribution in [0.2, 0.25) is 0 Å². The first-order chi connectivity index (χ1) is 9.63. The average molecular weight is 334 g/mol. The molecule has 0 radical (unpaired) electrons. The Bertz CT molecular complexity index is 635. The minimum atomic E-state index is -0.0901. The molecule has 0 atom stereocenters. The molecule has 2 rings (SSSR count). The fourth-order valence-corrected chi connectivity index (χ4v) is 1.60. The van der Waals surface area contributed by atoms with Crippen LogP contribution in [-0.4, -0.2) is 17.2 Å². The van der Waals surface area contributed by atoms with Crippen molar-refractivity contribution < 1.29 is 4.74 Å². The molecule has 4 N–H and O–H groups in total. The second-order valence-electron chi connectivity index (χ2n) is 3.76. The van der Waals surface area contributed by atoms with Gasteiger partial charge in [0.2, 0.25) is 11.8 Å². The zero-order chi connectivity index (χ0) is 14.4. The fourth-order valence-electron chi connectivity index (χ4n) is 1.36. The molecular weight excluding hydrogens is 322 g/mol. The lowest BCUT2D eigenvalue weighted by Gasteiger charge is -2.04. The molecule has 1 aromatic carbocycles. The molecular formula is C13H12BrN5O. The number of hydrogen-bond acceptors (Lipinski definition) is 4. The third-order valence-corrected chi connectivity index (χ3v) is 2.63. The Labute approximate surface area is 124 Å². The third-order valence-electron chi connectivity index (χ3n) is 2.16. The van der Waals surface area contributed by atoms with Crippen molar-refractivity contribution in [3.8, 4) is 11.6 Å². The first-order valence-electron chi connectivity index (χ1n) is 5.65. The largest absolute Gasteiger partial charge is 0.439 e. The fraction of sp³-hybridized carbons (Fsp3) is 0. The lowest BCUT2D eigenvalue weighted by atomic mass is 10.2. The number of ether oxygens (including phenoxy) is 1. The SMILES string of the molecule is NC(N)=NN=Cc1cccc(Oc2ccc(Br)cn2)c1. The number of rotatable bonds is 4. The average Bonchev–Trinajstić information content (AvgIpc) is 2.41. The first kappa shape index (κ1) is 14.0. The van der Waals surface area contributed by atoms with E-state index in [1.807, 2.05) is 24.3 Å². The Balaban J connectivity index is 2.11.